The second-order valence-corrected chi connectivity index (χ2v) is 5.10. The van der Waals surface area contributed by atoms with Crippen LogP contribution in [0.3, 0.4) is 0 Å². The Kier molecular flexibility index (Phi) is 3.17. The number of hydrogen-bond donors (Lipinski definition) is 2. The topological polar surface area (TPSA) is 97.1 Å². The molecule has 7 heteroatoms. The van der Waals surface area contributed by atoms with Gasteiger partial charge in [-0.1, -0.05) is 0 Å². The number of nitrogens with zero attached hydrogens (tertiary/aromatic N) is 3. The second-order valence-electron chi connectivity index (χ2n) is 5.10. The molecule has 0 radical (unpaired) electrons. The maximum absolute atomic E-state index is 11.8. The molecule has 0 aliphatic heterocycles. The largest absolute Gasteiger partial charge is 0.481 e. The lowest BCUT2D eigenvalue weighted by Gasteiger charge is -2.05. The standard InChI is InChI=1S/C14H14N4O3/c1-18-7-15-12(17-18)8-2-4-9(5-3-8)16-13(19)10-6-11(10)14(20)21/h2-5,7,10-11H,6H2,1H3,(H,16,19)(H,20,21)/t10-,11-/m1/s1. The average molecular weight is 286 g/mol. The number of amides is 1. The average Bonchev–Trinajstić information content (AvgIpc) is 3.16. The molecule has 1 aliphatic carbocycles. The maximum Gasteiger partial charge on any atom is 0.307 e. The van der Waals surface area contributed by atoms with Crippen LogP contribution in [0.4, 0.5) is 5.69 Å². The SMILES string of the molecule is Cn1cnc(-c2ccc(NC(=O)[C@@H]3C[C@H]3C(=O)O)cc2)n1. The Labute approximate surface area is 120 Å². The number of hydrogen-bond acceptors (Lipinski definition) is 4. The van der Waals surface area contributed by atoms with Gasteiger partial charge in [0.2, 0.25) is 5.91 Å². The van der Waals surface area contributed by atoms with Crippen molar-refractivity contribution in [2.24, 2.45) is 18.9 Å². The van der Waals surface area contributed by atoms with Crippen molar-refractivity contribution in [1.82, 2.24) is 14.8 Å². The second kappa shape index (κ2) is 5.01. The summed E-state index contributed by atoms with van der Waals surface area (Å²) < 4.78 is 1.62. The summed E-state index contributed by atoms with van der Waals surface area (Å²) in [5, 5.41) is 15.7. The molecule has 2 atom stereocenters. The van der Waals surface area contributed by atoms with Crippen LogP contribution in [0.1, 0.15) is 6.42 Å². The van der Waals surface area contributed by atoms with Crippen LogP contribution in [0.15, 0.2) is 30.6 Å². The number of carboxylic acids is 1. The number of rotatable bonds is 4. The molecular formula is C14H14N4O3. The van der Waals surface area contributed by atoms with Crippen LogP contribution in [0.2, 0.25) is 0 Å². The Morgan fingerprint density at radius 2 is 2.00 bits per heavy atom. The molecule has 1 fully saturated rings. The molecule has 1 saturated carbocycles. The van der Waals surface area contributed by atoms with Gasteiger partial charge in [-0.3, -0.25) is 14.3 Å². The van der Waals surface area contributed by atoms with Crippen LogP contribution >= 0.6 is 0 Å². The summed E-state index contributed by atoms with van der Waals surface area (Å²) in [7, 11) is 1.79. The minimum absolute atomic E-state index is 0.244. The zero-order valence-electron chi connectivity index (χ0n) is 11.4. The predicted octanol–water partition coefficient (Wildman–Crippen LogP) is 1.14. The Balaban J connectivity index is 1.65. The van der Waals surface area contributed by atoms with Crippen LogP contribution in [-0.4, -0.2) is 31.7 Å². The fourth-order valence-electron chi connectivity index (χ4n) is 2.17. The number of carbonyl (C=O) groups is 2. The smallest absolute Gasteiger partial charge is 0.307 e. The van der Waals surface area contributed by atoms with Crippen molar-refractivity contribution in [2.75, 3.05) is 5.32 Å². The van der Waals surface area contributed by atoms with Crippen molar-refractivity contribution < 1.29 is 14.7 Å². The Morgan fingerprint density at radius 3 is 2.52 bits per heavy atom. The van der Waals surface area contributed by atoms with E-state index in [2.05, 4.69) is 15.4 Å². The van der Waals surface area contributed by atoms with E-state index >= 15 is 0 Å². The molecule has 0 bridgehead atoms. The third-order valence-corrected chi connectivity index (χ3v) is 3.45. The first-order valence-corrected chi connectivity index (χ1v) is 6.54. The van der Waals surface area contributed by atoms with E-state index in [1.165, 1.54) is 0 Å². The maximum atomic E-state index is 11.8. The van der Waals surface area contributed by atoms with Crippen LogP contribution in [0, 0.1) is 11.8 Å². The first-order valence-electron chi connectivity index (χ1n) is 6.54. The number of aryl methyl sites for hydroxylation is 1. The van der Waals surface area contributed by atoms with Gasteiger partial charge in [-0.2, -0.15) is 5.10 Å². The molecule has 1 aromatic carbocycles. The number of carbonyl (C=O) groups excluding carboxylic acids is 1. The molecule has 3 rings (SSSR count). The zero-order chi connectivity index (χ0) is 15.0. The summed E-state index contributed by atoms with van der Waals surface area (Å²) >= 11 is 0. The molecule has 1 aliphatic rings. The first kappa shape index (κ1) is 13.3. The molecule has 1 amide bonds. The molecular weight excluding hydrogens is 272 g/mol. The molecule has 0 saturated heterocycles. The molecule has 2 aromatic rings. The number of aliphatic carboxylic acids is 1. The lowest BCUT2D eigenvalue weighted by atomic mass is 10.2. The summed E-state index contributed by atoms with van der Waals surface area (Å²) in [4.78, 5) is 26.7. The van der Waals surface area contributed by atoms with Gasteiger partial charge in [0, 0.05) is 18.3 Å². The van der Waals surface area contributed by atoms with Gasteiger partial charge < -0.3 is 10.4 Å². The normalized spacial score (nSPS) is 20.0. The fourth-order valence-corrected chi connectivity index (χ4v) is 2.17. The molecule has 0 unspecified atom stereocenters. The van der Waals surface area contributed by atoms with Gasteiger partial charge in [0.15, 0.2) is 5.82 Å². The van der Waals surface area contributed by atoms with E-state index in [1.807, 2.05) is 12.1 Å². The lowest BCUT2D eigenvalue weighted by molar-refractivity contribution is -0.139. The quantitative estimate of drug-likeness (QED) is 0.878. The number of carboxylic acid groups (broad SMARTS) is 1. The highest BCUT2D eigenvalue weighted by molar-refractivity contribution is 5.98. The highest BCUT2D eigenvalue weighted by atomic mass is 16.4. The lowest BCUT2D eigenvalue weighted by Crippen LogP contribution is -2.16. The van der Waals surface area contributed by atoms with Crippen molar-refractivity contribution in [3.05, 3.63) is 30.6 Å². The van der Waals surface area contributed by atoms with Gasteiger partial charge in [0.25, 0.3) is 0 Å². The monoisotopic (exact) mass is 286 g/mol. The molecule has 0 spiro atoms. The summed E-state index contributed by atoms with van der Waals surface area (Å²) in [5.41, 5.74) is 1.49. The third kappa shape index (κ3) is 2.76. The third-order valence-electron chi connectivity index (χ3n) is 3.45. The fraction of sp³-hybridized carbons (Fsp3) is 0.286. The van der Waals surface area contributed by atoms with Gasteiger partial charge in [0.05, 0.1) is 11.8 Å². The van der Waals surface area contributed by atoms with E-state index in [0.29, 0.717) is 17.9 Å². The van der Waals surface area contributed by atoms with Gasteiger partial charge in [-0.25, -0.2) is 4.98 Å². The summed E-state index contributed by atoms with van der Waals surface area (Å²) in [6.45, 7) is 0. The zero-order valence-corrected chi connectivity index (χ0v) is 11.4. The number of aromatic nitrogens is 3. The molecule has 2 N–H and O–H groups in total. The summed E-state index contributed by atoms with van der Waals surface area (Å²) in [6, 6.07) is 7.13. The van der Waals surface area contributed by atoms with Gasteiger partial charge in [-0.15, -0.1) is 0 Å². The molecule has 1 aromatic heterocycles. The van der Waals surface area contributed by atoms with Crippen molar-refractivity contribution >= 4 is 17.6 Å². The predicted molar refractivity (Wildman–Crippen MR) is 74.3 cm³/mol. The van der Waals surface area contributed by atoms with Crippen molar-refractivity contribution in [3.8, 4) is 11.4 Å². The highest BCUT2D eigenvalue weighted by Crippen LogP contribution is 2.39. The Morgan fingerprint density at radius 1 is 1.29 bits per heavy atom. The van der Waals surface area contributed by atoms with Gasteiger partial charge >= 0.3 is 5.97 Å². The van der Waals surface area contributed by atoms with Crippen LogP contribution in [0.25, 0.3) is 11.4 Å². The Hall–Kier alpha value is -2.70. The summed E-state index contributed by atoms with van der Waals surface area (Å²) in [6.07, 6.45) is 2.03. The van der Waals surface area contributed by atoms with Crippen LogP contribution in [-0.2, 0) is 16.6 Å². The first-order chi connectivity index (χ1) is 10.0. The molecule has 1 heterocycles. The van der Waals surface area contributed by atoms with E-state index in [9.17, 15) is 9.59 Å². The number of anilines is 1. The van der Waals surface area contributed by atoms with Crippen molar-refractivity contribution in [2.45, 2.75) is 6.42 Å². The van der Waals surface area contributed by atoms with Gasteiger partial charge in [-0.05, 0) is 30.7 Å². The van der Waals surface area contributed by atoms with Crippen molar-refractivity contribution in [1.29, 1.82) is 0 Å². The minimum Gasteiger partial charge on any atom is -0.481 e. The molecule has 108 valence electrons. The molecule has 21 heavy (non-hydrogen) atoms. The number of nitrogens with one attached hydrogen (secondary N) is 1. The van der Waals surface area contributed by atoms with Gasteiger partial charge in [0.1, 0.15) is 6.33 Å². The van der Waals surface area contributed by atoms with E-state index in [1.54, 1.807) is 30.2 Å². The van der Waals surface area contributed by atoms with E-state index in [4.69, 9.17) is 5.11 Å². The molecule has 7 nitrogen and oxygen atoms in total. The van der Waals surface area contributed by atoms with E-state index in [-0.39, 0.29) is 5.91 Å². The minimum atomic E-state index is -0.910. The van der Waals surface area contributed by atoms with E-state index < -0.39 is 17.8 Å². The Bertz CT molecular complexity index is 692. The van der Waals surface area contributed by atoms with Crippen LogP contribution < -0.4 is 5.32 Å². The van der Waals surface area contributed by atoms with E-state index in [0.717, 1.165) is 5.56 Å². The van der Waals surface area contributed by atoms with Crippen LogP contribution in [0.5, 0.6) is 0 Å². The van der Waals surface area contributed by atoms with Crippen molar-refractivity contribution in [3.63, 3.8) is 0 Å². The number of benzene rings is 1. The highest BCUT2D eigenvalue weighted by Gasteiger charge is 2.48. The summed E-state index contributed by atoms with van der Waals surface area (Å²) in [5.74, 6) is -1.50.